The fourth-order valence-electron chi connectivity index (χ4n) is 1.93. The molecular weight excluding hydrogens is 272 g/mol. The number of aromatic amines is 1. The maximum absolute atomic E-state index is 11.9. The summed E-state index contributed by atoms with van der Waals surface area (Å²) in [6, 6.07) is 3.17. The average Bonchev–Trinajstić information content (AvgIpc) is 2.36. The van der Waals surface area contributed by atoms with Gasteiger partial charge < -0.3 is 15.4 Å². The minimum Gasteiger partial charge on any atom is -0.481 e. The third-order valence-electron chi connectivity index (χ3n) is 3.40. The summed E-state index contributed by atoms with van der Waals surface area (Å²) in [5.41, 5.74) is 0.207. The molecule has 21 heavy (non-hydrogen) atoms. The van der Waals surface area contributed by atoms with Gasteiger partial charge in [0.1, 0.15) is 5.56 Å². The number of hydrogen-bond acceptors (Lipinski definition) is 3. The van der Waals surface area contributed by atoms with Crippen LogP contribution in [0.3, 0.4) is 0 Å². The molecule has 6 nitrogen and oxygen atoms in total. The lowest BCUT2D eigenvalue weighted by atomic mass is 9.84. The highest BCUT2D eigenvalue weighted by Gasteiger charge is 2.19. The molecule has 0 fully saturated rings. The van der Waals surface area contributed by atoms with Crippen molar-refractivity contribution in [2.75, 3.05) is 6.54 Å². The summed E-state index contributed by atoms with van der Waals surface area (Å²) in [4.78, 5) is 36.7. The molecule has 0 saturated carbocycles. The van der Waals surface area contributed by atoms with Crippen molar-refractivity contribution >= 4 is 11.9 Å². The molecule has 1 aromatic heterocycles. The van der Waals surface area contributed by atoms with Gasteiger partial charge in [-0.1, -0.05) is 13.8 Å². The minimum atomic E-state index is -0.821. The summed E-state index contributed by atoms with van der Waals surface area (Å²) >= 11 is 0. The predicted octanol–water partition coefficient (Wildman–Crippen LogP) is 1.69. The Labute approximate surface area is 123 Å². The lowest BCUT2D eigenvalue weighted by Crippen LogP contribution is -2.32. The summed E-state index contributed by atoms with van der Waals surface area (Å²) in [6.45, 7) is 6.06. The quantitative estimate of drug-likeness (QED) is 0.712. The largest absolute Gasteiger partial charge is 0.481 e. The van der Waals surface area contributed by atoms with Gasteiger partial charge in [-0.15, -0.1) is 0 Å². The number of pyridine rings is 1. The summed E-state index contributed by atoms with van der Waals surface area (Å²) in [7, 11) is 0. The van der Waals surface area contributed by atoms with E-state index in [0.29, 0.717) is 25.1 Å². The van der Waals surface area contributed by atoms with Crippen molar-refractivity contribution in [1.29, 1.82) is 0 Å². The van der Waals surface area contributed by atoms with Crippen molar-refractivity contribution in [3.63, 3.8) is 0 Å². The number of amides is 1. The van der Waals surface area contributed by atoms with Crippen LogP contribution in [0.25, 0.3) is 0 Å². The first-order valence-electron chi connectivity index (χ1n) is 6.91. The first-order chi connectivity index (χ1) is 9.71. The third-order valence-corrected chi connectivity index (χ3v) is 3.40. The van der Waals surface area contributed by atoms with Crippen molar-refractivity contribution in [3.8, 4) is 0 Å². The topological polar surface area (TPSA) is 99.3 Å². The van der Waals surface area contributed by atoms with Gasteiger partial charge in [0.05, 0.1) is 0 Å². The molecular formula is C15H22N2O4. The highest BCUT2D eigenvalue weighted by Crippen LogP contribution is 2.25. The van der Waals surface area contributed by atoms with Crippen molar-refractivity contribution in [3.05, 3.63) is 33.7 Å². The molecule has 1 amide bonds. The molecule has 1 rings (SSSR count). The van der Waals surface area contributed by atoms with Gasteiger partial charge in [0.25, 0.3) is 11.5 Å². The number of hydrogen-bond donors (Lipinski definition) is 3. The molecule has 1 aromatic rings. The number of nitrogens with one attached hydrogen (secondary N) is 2. The Hall–Kier alpha value is -2.11. The van der Waals surface area contributed by atoms with Crippen LogP contribution in [0.1, 0.15) is 49.2 Å². The van der Waals surface area contributed by atoms with Crippen LogP contribution in [0.15, 0.2) is 16.9 Å². The Morgan fingerprint density at radius 2 is 1.95 bits per heavy atom. The molecule has 1 heterocycles. The van der Waals surface area contributed by atoms with Crippen molar-refractivity contribution in [1.82, 2.24) is 10.3 Å². The Balaban J connectivity index is 2.50. The van der Waals surface area contributed by atoms with Crippen molar-refractivity contribution in [2.24, 2.45) is 5.41 Å². The van der Waals surface area contributed by atoms with Crippen LogP contribution >= 0.6 is 0 Å². The fourth-order valence-corrected chi connectivity index (χ4v) is 1.93. The Kier molecular flexibility index (Phi) is 5.69. The van der Waals surface area contributed by atoms with Gasteiger partial charge in [0, 0.05) is 18.7 Å². The van der Waals surface area contributed by atoms with Gasteiger partial charge in [0.15, 0.2) is 0 Å². The number of aliphatic carboxylic acids is 1. The molecule has 116 valence electrons. The standard InChI is InChI=1S/C15H22N2O4/c1-10-4-5-11(14(21)17-10)13(20)16-9-8-15(2,3)7-6-12(18)19/h4-5H,6-9H2,1-3H3,(H,16,20)(H,17,21)(H,18,19). The zero-order valence-corrected chi connectivity index (χ0v) is 12.7. The highest BCUT2D eigenvalue weighted by molar-refractivity contribution is 5.93. The number of carbonyl (C=O) groups is 2. The van der Waals surface area contributed by atoms with Crippen LogP contribution in [-0.2, 0) is 4.79 Å². The second-order valence-corrected chi connectivity index (χ2v) is 5.95. The van der Waals surface area contributed by atoms with Crippen LogP contribution < -0.4 is 10.9 Å². The van der Waals surface area contributed by atoms with E-state index in [1.165, 1.54) is 6.07 Å². The molecule has 0 aliphatic heterocycles. The lowest BCUT2D eigenvalue weighted by molar-refractivity contribution is -0.137. The zero-order valence-electron chi connectivity index (χ0n) is 12.7. The summed E-state index contributed by atoms with van der Waals surface area (Å²) in [5.74, 6) is -1.23. The minimum absolute atomic E-state index is 0.0870. The molecule has 0 bridgehead atoms. The first-order valence-corrected chi connectivity index (χ1v) is 6.91. The number of aryl methyl sites for hydroxylation is 1. The molecule has 0 radical (unpaired) electrons. The molecule has 0 unspecified atom stereocenters. The summed E-state index contributed by atoms with van der Waals surface area (Å²) < 4.78 is 0. The van der Waals surface area contributed by atoms with E-state index in [1.807, 2.05) is 13.8 Å². The summed E-state index contributed by atoms with van der Waals surface area (Å²) in [6.07, 6.45) is 1.30. The van der Waals surface area contributed by atoms with Crippen molar-refractivity contribution < 1.29 is 14.7 Å². The number of rotatable bonds is 7. The first kappa shape index (κ1) is 16.9. The lowest BCUT2D eigenvalue weighted by Gasteiger charge is -2.23. The van der Waals surface area contributed by atoms with Crippen LogP contribution in [0.4, 0.5) is 0 Å². The molecule has 0 spiro atoms. The van der Waals surface area contributed by atoms with E-state index in [0.717, 1.165) is 0 Å². The predicted molar refractivity (Wildman–Crippen MR) is 79.4 cm³/mol. The number of carbonyl (C=O) groups excluding carboxylic acids is 1. The van der Waals surface area contributed by atoms with Crippen molar-refractivity contribution in [2.45, 2.75) is 40.0 Å². The van der Waals surface area contributed by atoms with E-state index in [1.54, 1.807) is 13.0 Å². The van der Waals surface area contributed by atoms with Crippen LogP contribution in [0.2, 0.25) is 0 Å². The Morgan fingerprint density at radius 1 is 1.29 bits per heavy atom. The normalized spacial score (nSPS) is 11.2. The third kappa shape index (κ3) is 5.81. The average molecular weight is 294 g/mol. The second kappa shape index (κ2) is 7.06. The van der Waals surface area contributed by atoms with Gasteiger partial charge in [0.2, 0.25) is 0 Å². The van der Waals surface area contributed by atoms with Gasteiger partial charge in [-0.25, -0.2) is 0 Å². The maximum atomic E-state index is 11.9. The maximum Gasteiger partial charge on any atom is 0.303 e. The van der Waals surface area contributed by atoms with E-state index < -0.39 is 17.4 Å². The van der Waals surface area contributed by atoms with Crippen LogP contribution in [0.5, 0.6) is 0 Å². The van der Waals surface area contributed by atoms with E-state index >= 15 is 0 Å². The Bertz CT molecular complexity index is 575. The SMILES string of the molecule is Cc1ccc(C(=O)NCCC(C)(C)CCC(=O)O)c(=O)[nH]1. The number of H-pyrrole nitrogens is 1. The molecule has 3 N–H and O–H groups in total. The molecule has 0 aromatic carbocycles. The molecule has 0 saturated heterocycles. The molecule has 0 atom stereocenters. The highest BCUT2D eigenvalue weighted by atomic mass is 16.4. The van der Waals surface area contributed by atoms with E-state index in [2.05, 4.69) is 10.3 Å². The number of carboxylic acids is 1. The van der Waals surface area contributed by atoms with Gasteiger partial charge >= 0.3 is 5.97 Å². The van der Waals surface area contributed by atoms with Crippen LogP contribution in [0, 0.1) is 12.3 Å². The molecule has 0 aliphatic carbocycles. The Morgan fingerprint density at radius 3 is 2.52 bits per heavy atom. The van der Waals surface area contributed by atoms with Crippen LogP contribution in [-0.4, -0.2) is 28.5 Å². The van der Waals surface area contributed by atoms with E-state index in [-0.39, 0.29) is 17.4 Å². The molecule has 6 heteroatoms. The number of carboxylic acid groups (broad SMARTS) is 1. The van der Waals surface area contributed by atoms with Gasteiger partial charge in [-0.2, -0.15) is 0 Å². The fraction of sp³-hybridized carbons (Fsp3) is 0.533. The molecule has 0 aliphatic rings. The van der Waals surface area contributed by atoms with E-state index in [4.69, 9.17) is 5.11 Å². The summed E-state index contributed by atoms with van der Waals surface area (Å²) in [5, 5.41) is 11.4. The monoisotopic (exact) mass is 294 g/mol. The number of aromatic nitrogens is 1. The van der Waals surface area contributed by atoms with Gasteiger partial charge in [-0.05, 0) is 37.3 Å². The van der Waals surface area contributed by atoms with Gasteiger partial charge in [-0.3, -0.25) is 14.4 Å². The smallest absolute Gasteiger partial charge is 0.303 e. The zero-order chi connectivity index (χ0) is 16.0. The second-order valence-electron chi connectivity index (χ2n) is 5.95. The van der Waals surface area contributed by atoms with E-state index in [9.17, 15) is 14.4 Å².